The number of hydrogen-bond acceptors (Lipinski definition) is 3. The number of amides is 2. The lowest BCUT2D eigenvalue weighted by Gasteiger charge is -2.33. The molecule has 126 valence electrons. The molecule has 1 heterocycles. The molecule has 1 aromatic carbocycles. The van der Waals surface area contributed by atoms with Crippen molar-refractivity contribution in [3.63, 3.8) is 0 Å². The van der Waals surface area contributed by atoms with Gasteiger partial charge in [-0.25, -0.2) is 0 Å². The molecule has 1 aliphatic heterocycles. The van der Waals surface area contributed by atoms with E-state index < -0.39 is 0 Å². The van der Waals surface area contributed by atoms with Crippen molar-refractivity contribution in [1.29, 1.82) is 0 Å². The van der Waals surface area contributed by atoms with Gasteiger partial charge in [0.25, 0.3) is 0 Å². The van der Waals surface area contributed by atoms with Crippen LogP contribution in [0.3, 0.4) is 0 Å². The second-order valence-electron chi connectivity index (χ2n) is 6.31. The van der Waals surface area contributed by atoms with Gasteiger partial charge in [-0.1, -0.05) is 29.8 Å². The monoisotopic (exact) mass is 317 g/mol. The molecule has 1 atom stereocenters. The minimum Gasteiger partial charge on any atom is -0.349 e. The molecule has 1 aliphatic rings. The van der Waals surface area contributed by atoms with Crippen LogP contribution in [0.4, 0.5) is 0 Å². The Morgan fingerprint density at radius 2 is 1.83 bits per heavy atom. The molecule has 0 aromatic heterocycles. The summed E-state index contributed by atoms with van der Waals surface area (Å²) in [5.74, 6) is -0.00357. The van der Waals surface area contributed by atoms with Gasteiger partial charge in [0.1, 0.15) is 0 Å². The number of aryl methyl sites for hydroxylation is 1. The Morgan fingerprint density at radius 1 is 1.22 bits per heavy atom. The van der Waals surface area contributed by atoms with Crippen molar-refractivity contribution in [1.82, 2.24) is 15.5 Å². The highest BCUT2D eigenvalue weighted by Crippen LogP contribution is 2.20. The van der Waals surface area contributed by atoms with E-state index in [1.807, 2.05) is 43.1 Å². The third-order valence-electron chi connectivity index (χ3n) is 4.49. The second-order valence-corrected chi connectivity index (χ2v) is 6.31. The van der Waals surface area contributed by atoms with Gasteiger partial charge in [0.05, 0.1) is 12.5 Å². The fourth-order valence-electron chi connectivity index (χ4n) is 3.02. The molecule has 1 fully saturated rings. The molecular weight excluding hydrogens is 290 g/mol. The standard InChI is InChI=1S/C18H27N3O2/c1-13-4-6-15(7-5-13)17(20-14(2)22)12-18(23)21-10-8-16(19-3)9-11-21/h4-7,16-17,19H,8-12H2,1-3H3,(H,20,22). The van der Waals surface area contributed by atoms with Gasteiger partial charge in [0.2, 0.25) is 11.8 Å². The number of likely N-dealkylation sites (tertiary alicyclic amines) is 1. The summed E-state index contributed by atoms with van der Waals surface area (Å²) >= 11 is 0. The molecule has 1 unspecified atom stereocenters. The summed E-state index contributed by atoms with van der Waals surface area (Å²) in [5.41, 5.74) is 2.14. The van der Waals surface area contributed by atoms with Crippen molar-refractivity contribution in [2.45, 2.75) is 45.2 Å². The zero-order chi connectivity index (χ0) is 16.8. The normalized spacial score (nSPS) is 16.9. The third-order valence-corrected chi connectivity index (χ3v) is 4.49. The molecular formula is C18H27N3O2. The number of hydrogen-bond donors (Lipinski definition) is 2. The highest BCUT2D eigenvalue weighted by Gasteiger charge is 2.25. The molecule has 0 aliphatic carbocycles. The van der Waals surface area contributed by atoms with E-state index in [-0.39, 0.29) is 17.9 Å². The lowest BCUT2D eigenvalue weighted by molar-refractivity contribution is -0.133. The van der Waals surface area contributed by atoms with Crippen molar-refractivity contribution < 1.29 is 9.59 Å². The number of benzene rings is 1. The van der Waals surface area contributed by atoms with Gasteiger partial charge in [-0.2, -0.15) is 0 Å². The van der Waals surface area contributed by atoms with E-state index >= 15 is 0 Å². The van der Waals surface area contributed by atoms with Crippen LogP contribution >= 0.6 is 0 Å². The summed E-state index contributed by atoms with van der Waals surface area (Å²) in [6.45, 7) is 5.08. The fourth-order valence-corrected chi connectivity index (χ4v) is 3.02. The number of carbonyl (C=O) groups is 2. The van der Waals surface area contributed by atoms with Crippen LogP contribution in [-0.4, -0.2) is 42.9 Å². The summed E-state index contributed by atoms with van der Waals surface area (Å²) in [4.78, 5) is 26.0. The van der Waals surface area contributed by atoms with E-state index in [4.69, 9.17) is 0 Å². The van der Waals surface area contributed by atoms with Crippen molar-refractivity contribution in [3.8, 4) is 0 Å². The van der Waals surface area contributed by atoms with Gasteiger partial charge in [-0.15, -0.1) is 0 Å². The predicted molar refractivity (Wildman–Crippen MR) is 91.0 cm³/mol. The largest absolute Gasteiger partial charge is 0.349 e. The summed E-state index contributed by atoms with van der Waals surface area (Å²) in [6.07, 6.45) is 2.28. The Labute approximate surface area is 138 Å². The maximum atomic E-state index is 12.6. The van der Waals surface area contributed by atoms with E-state index in [2.05, 4.69) is 10.6 Å². The molecule has 2 amide bonds. The lowest BCUT2D eigenvalue weighted by atomic mass is 10.00. The maximum absolute atomic E-state index is 12.6. The Bertz CT molecular complexity index is 534. The molecule has 2 N–H and O–H groups in total. The first-order chi connectivity index (χ1) is 11.0. The van der Waals surface area contributed by atoms with Crippen molar-refractivity contribution in [3.05, 3.63) is 35.4 Å². The zero-order valence-electron chi connectivity index (χ0n) is 14.3. The van der Waals surface area contributed by atoms with E-state index in [0.717, 1.165) is 37.1 Å². The van der Waals surface area contributed by atoms with Gasteiger partial charge < -0.3 is 15.5 Å². The molecule has 5 nitrogen and oxygen atoms in total. The van der Waals surface area contributed by atoms with Crippen LogP contribution in [0.25, 0.3) is 0 Å². The van der Waals surface area contributed by atoms with Gasteiger partial charge in [0, 0.05) is 26.1 Å². The maximum Gasteiger partial charge on any atom is 0.224 e. The van der Waals surface area contributed by atoms with Gasteiger partial charge in [0.15, 0.2) is 0 Å². The molecule has 2 rings (SSSR count). The molecule has 1 saturated heterocycles. The average molecular weight is 317 g/mol. The van der Waals surface area contributed by atoms with Crippen LogP contribution in [0, 0.1) is 6.92 Å². The Hall–Kier alpha value is -1.88. The molecule has 0 spiro atoms. The quantitative estimate of drug-likeness (QED) is 0.870. The fraction of sp³-hybridized carbons (Fsp3) is 0.556. The molecule has 1 aromatic rings. The number of rotatable bonds is 5. The SMILES string of the molecule is CNC1CCN(C(=O)CC(NC(C)=O)c2ccc(C)cc2)CC1. The minimum absolute atomic E-state index is 0.110. The van der Waals surface area contributed by atoms with Crippen LogP contribution in [0.15, 0.2) is 24.3 Å². The van der Waals surface area contributed by atoms with E-state index in [9.17, 15) is 9.59 Å². The van der Waals surface area contributed by atoms with Crippen LogP contribution in [0.2, 0.25) is 0 Å². The summed E-state index contributed by atoms with van der Waals surface area (Å²) < 4.78 is 0. The first kappa shape index (κ1) is 17.5. The topological polar surface area (TPSA) is 61.4 Å². The van der Waals surface area contributed by atoms with Crippen LogP contribution < -0.4 is 10.6 Å². The molecule has 23 heavy (non-hydrogen) atoms. The highest BCUT2D eigenvalue weighted by atomic mass is 16.2. The molecule has 5 heteroatoms. The molecule has 0 bridgehead atoms. The number of nitrogens with zero attached hydrogens (tertiary/aromatic N) is 1. The van der Waals surface area contributed by atoms with Gasteiger partial charge in [-0.3, -0.25) is 9.59 Å². The predicted octanol–water partition coefficient (Wildman–Crippen LogP) is 1.77. The summed E-state index contributed by atoms with van der Waals surface area (Å²) in [7, 11) is 1.96. The van der Waals surface area contributed by atoms with Crippen LogP contribution in [0.5, 0.6) is 0 Å². The van der Waals surface area contributed by atoms with E-state index in [1.54, 1.807) is 0 Å². The second kappa shape index (κ2) is 8.11. The van der Waals surface area contributed by atoms with Crippen LogP contribution in [0.1, 0.15) is 43.4 Å². The van der Waals surface area contributed by atoms with Crippen molar-refractivity contribution in [2.75, 3.05) is 20.1 Å². The number of carbonyl (C=O) groups excluding carboxylic acids is 2. The Balaban J connectivity index is 2.01. The van der Waals surface area contributed by atoms with E-state index in [0.29, 0.717) is 12.5 Å². The molecule has 0 radical (unpaired) electrons. The Morgan fingerprint density at radius 3 is 2.35 bits per heavy atom. The average Bonchev–Trinajstić information content (AvgIpc) is 2.54. The third kappa shape index (κ3) is 5.06. The zero-order valence-corrected chi connectivity index (χ0v) is 14.3. The summed E-state index contributed by atoms with van der Waals surface area (Å²) in [5, 5.41) is 6.17. The number of piperidine rings is 1. The smallest absolute Gasteiger partial charge is 0.224 e. The summed E-state index contributed by atoms with van der Waals surface area (Å²) in [6, 6.07) is 8.22. The molecule has 0 saturated carbocycles. The minimum atomic E-state index is -0.261. The first-order valence-corrected chi connectivity index (χ1v) is 8.28. The van der Waals surface area contributed by atoms with Crippen molar-refractivity contribution >= 4 is 11.8 Å². The van der Waals surface area contributed by atoms with Gasteiger partial charge in [-0.05, 0) is 32.4 Å². The van der Waals surface area contributed by atoms with E-state index in [1.165, 1.54) is 6.92 Å². The van der Waals surface area contributed by atoms with Gasteiger partial charge >= 0.3 is 0 Å². The highest BCUT2D eigenvalue weighted by molar-refractivity contribution is 5.79. The number of nitrogens with one attached hydrogen (secondary N) is 2. The van der Waals surface area contributed by atoms with Crippen molar-refractivity contribution in [2.24, 2.45) is 0 Å². The first-order valence-electron chi connectivity index (χ1n) is 8.28. The Kier molecular flexibility index (Phi) is 6.16. The lowest BCUT2D eigenvalue weighted by Crippen LogP contribution is -2.45. The van der Waals surface area contributed by atoms with Crippen LogP contribution in [-0.2, 0) is 9.59 Å².